The van der Waals surface area contributed by atoms with Gasteiger partial charge in [-0.3, -0.25) is 9.59 Å². The predicted molar refractivity (Wildman–Crippen MR) is 60.7 cm³/mol. The van der Waals surface area contributed by atoms with E-state index in [9.17, 15) is 9.59 Å². The molecule has 0 aliphatic carbocycles. The van der Waals surface area contributed by atoms with Gasteiger partial charge in [-0.15, -0.1) is 0 Å². The highest BCUT2D eigenvalue weighted by molar-refractivity contribution is 5.93. The minimum Gasteiger partial charge on any atom is -0.355 e. The van der Waals surface area contributed by atoms with Crippen molar-refractivity contribution >= 4 is 11.8 Å². The Bertz CT molecular complexity index is 373. The highest BCUT2D eigenvalue weighted by atomic mass is 16.2. The molecule has 0 bridgehead atoms. The van der Waals surface area contributed by atoms with E-state index in [1.165, 1.54) is 0 Å². The second kappa shape index (κ2) is 5.87. The van der Waals surface area contributed by atoms with Gasteiger partial charge in [0.15, 0.2) is 0 Å². The summed E-state index contributed by atoms with van der Waals surface area (Å²) in [5.41, 5.74) is 6.67. The van der Waals surface area contributed by atoms with Crippen molar-refractivity contribution in [3.05, 3.63) is 35.4 Å². The number of hydrogen-bond donors (Lipinski definition) is 3. The van der Waals surface area contributed by atoms with Crippen molar-refractivity contribution < 1.29 is 9.59 Å². The van der Waals surface area contributed by atoms with Gasteiger partial charge < -0.3 is 16.4 Å². The summed E-state index contributed by atoms with van der Waals surface area (Å²) < 4.78 is 0. The van der Waals surface area contributed by atoms with Crippen LogP contribution in [0.4, 0.5) is 0 Å². The van der Waals surface area contributed by atoms with Gasteiger partial charge in [0.25, 0.3) is 5.91 Å². The van der Waals surface area contributed by atoms with E-state index in [-0.39, 0.29) is 18.4 Å². The predicted octanol–water partition coefficient (Wildman–Crippen LogP) is -0.379. The summed E-state index contributed by atoms with van der Waals surface area (Å²) in [5, 5.41) is 5.18. The standard InChI is InChI=1S/C11H15N3O2/c1-13-11(16)9-4-2-8(3-5-9)7-14-10(15)6-12/h2-5H,6-7,12H2,1H3,(H,13,16)(H,14,15). The first-order chi connectivity index (χ1) is 7.67. The fourth-order valence-electron chi connectivity index (χ4n) is 1.19. The van der Waals surface area contributed by atoms with E-state index in [4.69, 9.17) is 5.73 Å². The number of hydrogen-bond acceptors (Lipinski definition) is 3. The summed E-state index contributed by atoms with van der Waals surface area (Å²) in [6.07, 6.45) is 0. The van der Waals surface area contributed by atoms with Crippen LogP contribution in [0, 0.1) is 0 Å². The van der Waals surface area contributed by atoms with Crippen molar-refractivity contribution in [1.82, 2.24) is 10.6 Å². The van der Waals surface area contributed by atoms with E-state index in [1.807, 2.05) is 0 Å². The Hall–Kier alpha value is -1.88. The van der Waals surface area contributed by atoms with Gasteiger partial charge in [0, 0.05) is 19.2 Å². The summed E-state index contributed by atoms with van der Waals surface area (Å²) in [5.74, 6) is -0.326. The topological polar surface area (TPSA) is 84.2 Å². The molecule has 0 saturated carbocycles. The van der Waals surface area contributed by atoms with Crippen molar-refractivity contribution in [2.24, 2.45) is 5.73 Å². The van der Waals surface area contributed by atoms with E-state index in [0.29, 0.717) is 12.1 Å². The monoisotopic (exact) mass is 221 g/mol. The molecule has 1 aromatic carbocycles. The molecule has 2 amide bonds. The summed E-state index contributed by atoms with van der Waals surface area (Å²) in [4.78, 5) is 22.1. The maximum Gasteiger partial charge on any atom is 0.251 e. The lowest BCUT2D eigenvalue weighted by atomic mass is 10.1. The van der Waals surface area contributed by atoms with Crippen LogP contribution in [-0.4, -0.2) is 25.4 Å². The van der Waals surface area contributed by atoms with Gasteiger partial charge in [-0.25, -0.2) is 0 Å². The fourth-order valence-corrected chi connectivity index (χ4v) is 1.19. The van der Waals surface area contributed by atoms with Gasteiger partial charge >= 0.3 is 0 Å². The Morgan fingerprint density at radius 2 is 1.88 bits per heavy atom. The molecule has 0 aliphatic rings. The summed E-state index contributed by atoms with van der Waals surface area (Å²) >= 11 is 0. The first-order valence-electron chi connectivity index (χ1n) is 4.95. The third kappa shape index (κ3) is 3.36. The number of carbonyl (C=O) groups excluding carboxylic acids is 2. The molecule has 4 N–H and O–H groups in total. The van der Waals surface area contributed by atoms with E-state index >= 15 is 0 Å². The lowest BCUT2D eigenvalue weighted by Crippen LogP contribution is -2.29. The largest absolute Gasteiger partial charge is 0.355 e. The van der Waals surface area contributed by atoms with Crippen LogP contribution < -0.4 is 16.4 Å². The third-order valence-corrected chi connectivity index (χ3v) is 2.12. The van der Waals surface area contributed by atoms with Crippen molar-refractivity contribution in [2.75, 3.05) is 13.6 Å². The second-order valence-electron chi connectivity index (χ2n) is 3.26. The maximum atomic E-state index is 11.2. The van der Waals surface area contributed by atoms with Crippen LogP contribution in [-0.2, 0) is 11.3 Å². The molecular formula is C11H15N3O2. The molecule has 16 heavy (non-hydrogen) atoms. The minimum atomic E-state index is -0.199. The van der Waals surface area contributed by atoms with Crippen molar-refractivity contribution in [3.63, 3.8) is 0 Å². The van der Waals surface area contributed by atoms with Crippen LogP contribution in [0.15, 0.2) is 24.3 Å². The zero-order valence-corrected chi connectivity index (χ0v) is 9.12. The molecule has 0 aromatic heterocycles. The van der Waals surface area contributed by atoms with Crippen molar-refractivity contribution in [3.8, 4) is 0 Å². The van der Waals surface area contributed by atoms with Crippen molar-refractivity contribution in [1.29, 1.82) is 0 Å². The van der Waals surface area contributed by atoms with Crippen LogP contribution in [0.3, 0.4) is 0 Å². The SMILES string of the molecule is CNC(=O)c1ccc(CNC(=O)CN)cc1. The van der Waals surface area contributed by atoms with Crippen molar-refractivity contribution in [2.45, 2.75) is 6.54 Å². The average molecular weight is 221 g/mol. The normalized spacial score (nSPS) is 9.62. The zero-order chi connectivity index (χ0) is 12.0. The molecular weight excluding hydrogens is 206 g/mol. The molecule has 5 heteroatoms. The molecule has 0 spiro atoms. The quantitative estimate of drug-likeness (QED) is 0.648. The molecule has 0 unspecified atom stereocenters. The number of nitrogens with two attached hydrogens (primary N) is 1. The molecule has 0 atom stereocenters. The molecule has 5 nitrogen and oxygen atoms in total. The molecule has 86 valence electrons. The highest BCUT2D eigenvalue weighted by Gasteiger charge is 2.02. The van der Waals surface area contributed by atoms with Crippen LogP contribution in [0.1, 0.15) is 15.9 Å². The molecule has 0 heterocycles. The van der Waals surface area contributed by atoms with Gasteiger partial charge in [0.05, 0.1) is 6.54 Å². The molecule has 1 rings (SSSR count). The Labute approximate surface area is 94.0 Å². The first-order valence-corrected chi connectivity index (χ1v) is 4.95. The minimum absolute atomic E-state index is 0.0175. The summed E-state index contributed by atoms with van der Waals surface area (Å²) in [6.45, 7) is 0.403. The number of nitrogens with one attached hydrogen (secondary N) is 2. The summed E-state index contributed by atoms with van der Waals surface area (Å²) in [6, 6.07) is 7.01. The number of benzene rings is 1. The van der Waals surface area contributed by atoms with Gasteiger partial charge in [0.2, 0.25) is 5.91 Å². The van der Waals surface area contributed by atoms with E-state index < -0.39 is 0 Å². The van der Waals surface area contributed by atoms with Crippen LogP contribution in [0.2, 0.25) is 0 Å². The fraction of sp³-hybridized carbons (Fsp3) is 0.273. The van der Waals surface area contributed by atoms with Gasteiger partial charge in [-0.2, -0.15) is 0 Å². The van der Waals surface area contributed by atoms with Crippen LogP contribution in [0.25, 0.3) is 0 Å². The first kappa shape index (κ1) is 12.2. The van der Waals surface area contributed by atoms with Gasteiger partial charge in [-0.1, -0.05) is 12.1 Å². The maximum absolute atomic E-state index is 11.2. The van der Waals surface area contributed by atoms with Crippen LogP contribution >= 0.6 is 0 Å². The smallest absolute Gasteiger partial charge is 0.251 e. The average Bonchev–Trinajstić information content (AvgIpc) is 2.35. The molecule has 0 radical (unpaired) electrons. The molecule has 0 fully saturated rings. The Balaban J connectivity index is 2.58. The second-order valence-corrected chi connectivity index (χ2v) is 3.26. The Morgan fingerprint density at radius 3 is 2.38 bits per heavy atom. The number of rotatable bonds is 4. The molecule has 1 aromatic rings. The van der Waals surface area contributed by atoms with E-state index in [2.05, 4.69) is 10.6 Å². The lowest BCUT2D eigenvalue weighted by Gasteiger charge is -2.04. The Kier molecular flexibility index (Phi) is 4.47. The lowest BCUT2D eigenvalue weighted by molar-refractivity contribution is -0.119. The number of carbonyl (C=O) groups is 2. The number of amides is 2. The Morgan fingerprint density at radius 1 is 1.25 bits per heavy atom. The third-order valence-electron chi connectivity index (χ3n) is 2.12. The molecule has 0 saturated heterocycles. The van der Waals surface area contributed by atoms with Gasteiger partial charge in [0.1, 0.15) is 0 Å². The van der Waals surface area contributed by atoms with Crippen LogP contribution in [0.5, 0.6) is 0 Å². The van der Waals surface area contributed by atoms with E-state index in [1.54, 1.807) is 31.3 Å². The van der Waals surface area contributed by atoms with Gasteiger partial charge in [-0.05, 0) is 17.7 Å². The molecule has 0 aliphatic heterocycles. The van der Waals surface area contributed by atoms with E-state index in [0.717, 1.165) is 5.56 Å². The highest BCUT2D eigenvalue weighted by Crippen LogP contribution is 2.03. The summed E-state index contributed by atoms with van der Waals surface area (Å²) in [7, 11) is 1.58. The zero-order valence-electron chi connectivity index (χ0n) is 9.12.